The third-order valence-corrected chi connectivity index (χ3v) is 6.43. The molecule has 28 heavy (non-hydrogen) atoms. The molecule has 0 N–H and O–H groups in total. The van der Waals surface area contributed by atoms with Gasteiger partial charge in [0.1, 0.15) is 0 Å². The summed E-state index contributed by atoms with van der Waals surface area (Å²) in [5.41, 5.74) is 3.32. The van der Waals surface area contributed by atoms with E-state index < -0.39 is 5.72 Å². The lowest BCUT2D eigenvalue weighted by molar-refractivity contribution is -0.174. The molecule has 1 saturated heterocycles. The highest BCUT2D eigenvalue weighted by atomic mass is 32.2. The molecule has 0 saturated carbocycles. The van der Waals surface area contributed by atoms with Crippen molar-refractivity contribution in [3.8, 4) is 0 Å². The largest absolute Gasteiger partial charge is 0.444 e. The van der Waals surface area contributed by atoms with E-state index in [9.17, 15) is 4.79 Å². The summed E-state index contributed by atoms with van der Waals surface area (Å²) in [7, 11) is 0. The van der Waals surface area contributed by atoms with Gasteiger partial charge in [0.05, 0.1) is 5.69 Å². The molecule has 1 heterocycles. The van der Waals surface area contributed by atoms with Gasteiger partial charge in [0.25, 0.3) is 0 Å². The highest BCUT2D eigenvalue weighted by Crippen LogP contribution is 2.37. The van der Waals surface area contributed by atoms with E-state index in [-0.39, 0.29) is 5.97 Å². The number of ether oxygens (including phenoxy) is 1. The van der Waals surface area contributed by atoms with Crippen molar-refractivity contribution in [2.24, 2.45) is 0 Å². The van der Waals surface area contributed by atoms with E-state index in [1.165, 1.54) is 33.5 Å². The second kappa shape index (κ2) is 8.58. The molecule has 3 rings (SSSR count). The van der Waals surface area contributed by atoms with E-state index in [1.807, 2.05) is 25.6 Å². The SMILES string of the molecule is CC(=O)OC(C)(C)N1CCN(c2ccccc2Sc2ccc(C)cc2C)CC1. The fourth-order valence-corrected chi connectivity index (χ4v) is 4.78. The van der Waals surface area contributed by atoms with Crippen LogP contribution in [0.15, 0.2) is 52.3 Å². The maximum atomic E-state index is 11.4. The van der Waals surface area contributed by atoms with Gasteiger partial charge in [-0.05, 0) is 51.5 Å². The van der Waals surface area contributed by atoms with Gasteiger partial charge in [-0.15, -0.1) is 0 Å². The van der Waals surface area contributed by atoms with Crippen LogP contribution in [0.3, 0.4) is 0 Å². The molecule has 2 aromatic carbocycles. The van der Waals surface area contributed by atoms with E-state index in [2.05, 4.69) is 66.1 Å². The number of rotatable bonds is 5. The van der Waals surface area contributed by atoms with Gasteiger partial charge in [0, 0.05) is 42.9 Å². The highest BCUT2D eigenvalue weighted by molar-refractivity contribution is 7.99. The van der Waals surface area contributed by atoms with Crippen LogP contribution in [-0.4, -0.2) is 42.8 Å². The average molecular weight is 399 g/mol. The molecule has 5 heteroatoms. The molecule has 0 aliphatic carbocycles. The molecular formula is C23H30N2O2S. The molecule has 2 aromatic rings. The molecule has 1 aliphatic heterocycles. The van der Waals surface area contributed by atoms with Crippen LogP contribution in [0, 0.1) is 13.8 Å². The molecule has 0 amide bonds. The standard InChI is InChI=1S/C23H30N2O2S/c1-17-10-11-21(18(2)16-17)28-22-9-7-6-8-20(22)24-12-14-25(15-13-24)23(4,5)27-19(3)26/h6-11,16H,12-15H2,1-5H3. The number of aryl methyl sites for hydroxylation is 2. The Hall–Kier alpha value is -1.98. The lowest BCUT2D eigenvalue weighted by Crippen LogP contribution is -2.56. The Kier molecular flexibility index (Phi) is 6.36. The second-order valence-corrected chi connectivity index (χ2v) is 8.94. The predicted molar refractivity (Wildman–Crippen MR) is 116 cm³/mol. The number of hydrogen-bond donors (Lipinski definition) is 0. The van der Waals surface area contributed by atoms with Gasteiger partial charge in [-0.25, -0.2) is 0 Å². The minimum absolute atomic E-state index is 0.234. The van der Waals surface area contributed by atoms with Gasteiger partial charge >= 0.3 is 5.97 Å². The summed E-state index contributed by atoms with van der Waals surface area (Å²) in [5, 5.41) is 0. The highest BCUT2D eigenvalue weighted by Gasteiger charge is 2.32. The molecule has 0 aromatic heterocycles. The van der Waals surface area contributed by atoms with Crippen molar-refractivity contribution in [2.75, 3.05) is 31.1 Å². The van der Waals surface area contributed by atoms with Crippen LogP contribution in [0.1, 0.15) is 31.9 Å². The van der Waals surface area contributed by atoms with Crippen LogP contribution >= 0.6 is 11.8 Å². The first kappa shape index (κ1) is 20.7. The number of para-hydroxylation sites is 1. The van der Waals surface area contributed by atoms with E-state index in [0.29, 0.717) is 0 Å². The molecule has 0 bridgehead atoms. The zero-order chi connectivity index (χ0) is 20.3. The van der Waals surface area contributed by atoms with Crippen molar-refractivity contribution in [1.29, 1.82) is 0 Å². The fourth-order valence-electron chi connectivity index (χ4n) is 3.74. The molecule has 0 spiro atoms. The van der Waals surface area contributed by atoms with Gasteiger partial charge in [0.15, 0.2) is 5.72 Å². The Balaban J connectivity index is 1.73. The monoisotopic (exact) mass is 398 g/mol. The smallest absolute Gasteiger partial charge is 0.304 e. The molecule has 0 atom stereocenters. The molecule has 1 aliphatic rings. The van der Waals surface area contributed by atoms with Crippen molar-refractivity contribution in [1.82, 2.24) is 4.90 Å². The lowest BCUT2D eigenvalue weighted by Gasteiger charge is -2.44. The number of nitrogens with zero attached hydrogens (tertiary/aromatic N) is 2. The van der Waals surface area contributed by atoms with Gasteiger partial charge in [-0.3, -0.25) is 9.69 Å². The van der Waals surface area contributed by atoms with Gasteiger partial charge in [-0.1, -0.05) is 41.6 Å². The summed E-state index contributed by atoms with van der Waals surface area (Å²) in [6.45, 7) is 13.3. The zero-order valence-electron chi connectivity index (χ0n) is 17.5. The van der Waals surface area contributed by atoms with Crippen molar-refractivity contribution >= 4 is 23.4 Å². The second-order valence-electron chi connectivity index (χ2n) is 7.85. The molecule has 0 radical (unpaired) electrons. The first-order chi connectivity index (χ1) is 13.3. The summed E-state index contributed by atoms with van der Waals surface area (Å²) in [4.78, 5) is 18.6. The van der Waals surface area contributed by atoms with E-state index in [0.717, 1.165) is 26.2 Å². The van der Waals surface area contributed by atoms with Crippen LogP contribution < -0.4 is 4.90 Å². The number of piperazine rings is 1. The number of carbonyl (C=O) groups excluding carboxylic acids is 1. The number of anilines is 1. The quantitative estimate of drug-likeness (QED) is 0.671. The molecule has 1 fully saturated rings. The molecule has 0 unspecified atom stereocenters. The molecule has 4 nitrogen and oxygen atoms in total. The molecule has 150 valence electrons. The summed E-state index contributed by atoms with van der Waals surface area (Å²) < 4.78 is 5.51. The predicted octanol–water partition coefficient (Wildman–Crippen LogP) is 4.88. The number of esters is 1. The Morgan fingerprint density at radius 1 is 1.00 bits per heavy atom. The minimum Gasteiger partial charge on any atom is -0.444 e. The fraction of sp³-hybridized carbons (Fsp3) is 0.435. The third-order valence-electron chi connectivity index (χ3n) is 5.19. The molecular weight excluding hydrogens is 368 g/mol. The van der Waals surface area contributed by atoms with Crippen LogP contribution in [0.25, 0.3) is 0 Å². The Bertz CT molecular complexity index is 842. The van der Waals surface area contributed by atoms with Crippen LogP contribution in [0.2, 0.25) is 0 Å². The van der Waals surface area contributed by atoms with Crippen LogP contribution in [-0.2, 0) is 9.53 Å². The van der Waals surface area contributed by atoms with Gasteiger partial charge in [-0.2, -0.15) is 0 Å². The summed E-state index contributed by atoms with van der Waals surface area (Å²) >= 11 is 1.83. The Morgan fingerprint density at radius 2 is 1.68 bits per heavy atom. The minimum atomic E-state index is -0.564. The first-order valence-electron chi connectivity index (χ1n) is 9.80. The normalized spacial score (nSPS) is 15.5. The summed E-state index contributed by atoms with van der Waals surface area (Å²) in [6.07, 6.45) is 0. The van der Waals surface area contributed by atoms with E-state index in [1.54, 1.807) is 0 Å². The van der Waals surface area contributed by atoms with Crippen LogP contribution in [0.4, 0.5) is 5.69 Å². The maximum Gasteiger partial charge on any atom is 0.304 e. The number of hydrogen-bond acceptors (Lipinski definition) is 5. The van der Waals surface area contributed by atoms with Crippen molar-refractivity contribution in [2.45, 2.75) is 50.1 Å². The van der Waals surface area contributed by atoms with E-state index >= 15 is 0 Å². The first-order valence-corrected chi connectivity index (χ1v) is 10.6. The Morgan fingerprint density at radius 3 is 2.32 bits per heavy atom. The van der Waals surface area contributed by atoms with Crippen molar-refractivity contribution < 1.29 is 9.53 Å². The summed E-state index contributed by atoms with van der Waals surface area (Å²) in [6, 6.07) is 15.2. The van der Waals surface area contributed by atoms with Gasteiger partial charge < -0.3 is 9.64 Å². The topological polar surface area (TPSA) is 32.8 Å². The van der Waals surface area contributed by atoms with E-state index in [4.69, 9.17) is 4.74 Å². The van der Waals surface area contributed by atoms with Crippen LogP contribution in [0.5, 0.6) is 0 Å². The summed E-state index contributed by atoms with van der Waals surface area (Å²) in [5.74, 6) is -0.234. The van der Waals surface area contributed by atoms with Crippen molar-refractivity contribution in [3.05, 3.63) is 53.6 Å². The van der Waals surface area contributed by atoms with Gasteiger partial charge in [0.2, 0.25) is 0 Å². The number of carbonyl (C=O) groups is 1. The average Bonchev–Trinajstić information content (AvgIpc) is 2.63. The third kappa shape index (κ3) is 4.89. The van der Waals surface area contributed by atoms with Crippen molar-refractivity contribution in [3.63, 3.8) is 0 Å². The Labute approximate surface area is 172 Å². The zero-order valence-corrected chi connectivity index (χ0v) is 18.3. The maximum absolute atomic E-state index is 11.4. The lowest BCUT2D eigenvalue weighted by atomic mass is 10.2. The number of benzene rings is 2.